The Labute approximate surface area is 127 Å². The van der Waals surface area contributed by atoms with Gasteiger partial charge < -0.3 is 5.73 Å². The molecule has 0 unspecified atom stereocenters. The van der Waals surface area contributed by atoms with Crippen LogP contribution in [-0.2, 0) is 0 Å². The van der Waals surface area contributed by atoms with E-state index < -0.39 is 0 Å². The molecule has 2 rings (SSSR count). The monoisotopic (exact) mass is 329 g/mol. The maximum absolute atomic E-state index is 6.06. The second kappa shape index (κ2) is 7.01. The fourth-order valence-electron chi connectivity index (χ4n) is 1.68. The van der Waals surface area contributed by atoms with Crippen LogP contribution in [0.2, 0.25) is 0 Å². The Hall–Kier alpha value is -1.94. The lowest BCUT2D eigenvalue weighted by Crippen LogP contribution is -2.00. The Morgan fingerprint density at radius 2 is 2.15 bits per heavy atom. The smallest absolute Gasteiger partial charge is 0.0905 e. The van der Waals surface area contributed by atoms with Crippen LogP contribution in [0.1, 0.15) is 19.0 Å². The van der Waals surface area contributed by atoms with E-state index >= 15 is 0 Å². The van der Waals surface area contributed by atoms with Gasteiger partial charge in [-0.15, -0.1) is 0 Å². The molecular formula is C16H16BrN3. The zero-order chi connectivity index (χ0) is 14.4. The van der Waals surface area contributed by atoms with Gasteiger partial charge in [-0.25, -0.2) is 4.98 Å². The van der Waals surface area contributed by atoms with Crippen LogP contribution >= 0.6 is 15.9 Å². The third-order valence-electron chi connectivity index (χ3n) is 2.66. The van der Waals surface area contributed by atoms with Gasteiger partial charge in [0.25, 0.3) is 0 Å². The fraction of sp³-hybridized carbons (Fsp3) is 0.125. The van der Waals surface area contributed by atoms with Crippen LogP contribution < -0.4 is 5.73 Å². The molecule has 0 fully saturated rings. The number of allylic oxidation sites excluding steroid dienone is 3. The standard InChI is InChI=1S/C16H16BrN3/c1-2-3-4-7-13(18)15-10-12(17)11-16(20-15)14-8-5-6-9-19-14/h3-11H,2,18H2,1H3/b4-3-,13-7-. The molecule has 0 saturated carbocycles. The molecule has 0 aliphatic rings. The number of rotatable bonds is 4. The SMILES string of the molecule is CC/C=C\C=C(/N)c1cc(Br)cc(-c2ccccn2)n1. The maximum Gasteiger partial charge on any atom is 0.0905 e. The Morgan fingerprint density at radius 3 is 2.85 bits per heavy atom. The van der Waals surface area contributed by atoms with E-state index in [-0.39, 0.29) is 0 Å². The first-order chi connectivity index (χ1) is 9.70. The van der Waals surface area contributed by atoms with Gasteiger partial charge >= 0.3 is 0 Å². The molecule has 0 spiro atoms. The predicted octanol–water partition coefficient (Wildman–Crippen LogP) is 4.17. The van der Waals surface area contributed by atoms with Crippen LogP contribution in [0, 0.1) is 0 Å². The number of nitrogens with zero attached hydrogens (tertiary/aromatic N) is 2. The Morgan fingerprint density at radius 1 is 1.30 bits per heavy atom. The van der Waals surface area contributed by atoms with Crippen molar-refractivity contribution in [1.82, 2.24) is 9.97 Å². The Bertz CT molecular complexity index is 633. The predicted molar refractivity (Wildman–Crippen MR) is 86.8 cm³/mol. The summed E-state index contributed by atoms with van der Waals surface area (Å²) < 4.78 is 0.930. The van der Waals surface area contributed by atoms with Crippen molar-refractivity contribution in [2.75, 3.05) is 0 Å². The van der Waals surface area contributed by atoms with Gasteiger partial charge in [-0.3, -0.25) is 4.98 Å². The van der Waals surface area contributed by atoms with Crippen molar-refractivity contribution < 1.29 is 0 Å². The van der Waals surface area contributed by atoms with E-state index in [4.69, 9.17) is 5.73 Å². The summed E-state index contributed by atoms with van der Waals surface area (Å²) in [5, 5.41) is 0. The molecule has 4 heteroatoms. The molecule has 0 saturated heterocycles. The van der Waals surface area contributed by atoms with Crippen LogP contribution in [0.4, 0.5) is 0 Å². The van der Waals surface area contributed by atoms with Crippen molar-refractivity contribution in [2.45, 2.75) is 13.3 Å². The average Bonchev–Trinajstić information content (AvgIpc) is 2.47. The molecule has 0 aliphatic carbocycles. The second-order valence-corrected chi connectivity index (χ2v) is 5.14. The van der Waals surface area contributed by atoms with E-state index in [1.807, 2.05) is 48.6 Å². The first kappa shape index (κ1) is 14.5. The molecule has 0 bridgehead atoms. The fourth-order valence-corrected chi connectivity index (χ4v) is 2.12. The van der Waals surface area contributed by atoms with E-state index in [1.165, 1.54) is 0 Å². The minimum atomic E-state index is 0.633. The lowest BCUT2D eigenvalue weighted by Gasteiger charge is -2.05. The van der Waals surface area contributed by atoms with Crippen LogP contribution in [0.15, 0.2) is 59.2 Å². The summed E-state index contributed by atoms with van der Waals surface area (Å²) in [5.74, 6) is 0. The minimum absolute atomic E-state index is 0.633. The Kier molecular flexibility index (Phi) is 5.07. The van der Waals surface area contributed by atoms with Gasteiger partial charge in [-0.2, -0.15) is 0 Å². The third kappa shape index (κ3) is 3.78. The quantitative estimate of drug-likeness (QED) is 0.856. The van der Waals surface area contributed by atoms with Gasteiger partial charge in [0, 0.05) is 10.7 Å². The molecule has 102 valence electrons. The van der Waals surface area contributed by atoms with Crippen LogP contribution in [0.3, 0.4) is 0 Å². The lowest BCUT2D eigenvalue weighted by atomic mass is 10.2. The van der Waals surface area contributed by atoms with Crippen molar-refractivity contribution in [3.8, 4) is 11.4 Å². The number of hydrogen-bond acceptors (Lipinski definition) is 3. The molecule has 0 aliphatic heterocycles. The first-order valence-corrected chi connectivity index (χ1v) is 7.21. The zero-order valence-corrected chi connectivity index (χ0v) is 12.8. The van der Waals surface area contributed by atoms with E-state index in [2.05, 4.69) is 32.8 Å². The summed E-state index contributed by atoms with van der Waals surface area (Å²) in [6.07, 6.45) is 8.58. The highest BCUT2D eigenvalue weighted by molar-refractivity contribution is 9.10. The average molecular weight is 330 g/mol. The van der Waals surface area contributed by atoms with E-state index in [1.54, 1.807) is 6.20 Å². The van der Waals surface area contributed by atoms with Crippen LogP contribution in [-0.4, -0.2) is 9.97 Å². The third-order valence-corrected chi connectivity index (χ3v) is 3.12. The summed E-state index contributed by atoms with van der Waals surface area (Å²) in [6, 6.07) is 9.58. The number of pyridine rings is 2. The molecule has 0 amide bonds. The van der Waals surface area contributed by atoms with Crippen molar-refractivity contribution in [3.63, 3.8) is 0 Å². The van der Waals surface area contributed by atoms with Gasteiger partial charge in [0.15, 0.2) is 0 Å². The molecule has 0 radical (unpaired) electrons. The van der Waals surface area contributed by atoms with Gasteiger partial charge in [0.1, 0.15) is 0 Å². The molecule has 0 atom stereocenters. The van der Waals surface area contributed by atoms with Crippen LogP contribution in [0.5, 0.6) is 0 Å². The van der Waals surface area contributed by atoms with Crippen molar-refractivity contribution in [1.29, 1.82) is 0 Å². The number of nitrogens with two attached hydrogens (primary N) is 1. The van der Waals surface area contributed by atoms with E-state index in [0.29, 0.717) is 5.70 Å². The molecular weight excluding hydrogens is 314 g/mol. The molecule has 2 N–H and O–H groups in total. The maximum atomic E-state index is 6.06. The summed E-state index contributed by atoms with van der Waals surface area (Å²) in [5.41, 5.74) is 9.05. The molecule has 0 aromatic carbocycles. The number of halogens is 1. The highest BCUT2D eigenvalue weighted by Gasteiger charge is 2.06. The summed E-state index contributed by atoms with van der Waals surface area (Å²) in [4.78, 5) is 8.87. The number of hydrogen-bond donors (Lipinski definition) is 1. The Balaban J connectivity index is 2.39. The van der Waals surface area contributed by atoms with Gasteiger partial charge in [0.2, 0.25) is 0 Å². The van der Waals surface area contributed by atoms with Gasteiger partial charge in [-0.05, 0) is 36.8 Å². The van der Waals surface area contributed by atoms with Crippen LogP contribution in [0.25, 0.3) is 17.1 Å². The largest absolute Gasteiger partial charge is 0.397 e. The second-order valence-electron chi connectivity index (χ2n) is 4.23. The topological polar surface area (TPSA) is 51.8 Å². The molecule has 2 heterocycles. The highest BCUT2D eigenvalue weighted by Crippen LogP contribution is 2.22. The molecule has 3 nitrogen and oxygen atoms in total. The van der Waals surface area contributed by atoms with E-state index in [9.17, 15) is 0 Å². The van der Waals surface area contributed by atoms with Crippen molar-refractivity contribution >= 4 is 21.6 Å². The zero-order valence-electron chi connectivity index (χ0n) is 11.3. The number of aromatic nitrogens is 2. The molecule has 2 aromatic heterocycles. The first-order valence-electron chi connectivity index (χ1n) is 6.42. The lowest BCUT2D eigenvalue weighted by molar-refractivity contribution is 1.20. The summed E-state index contributed by atoms with van der Waals surface area (Å²) >= 11 is 3.49. The van der Waals surface area contributed by atoms with Crippen molar-refractivity contribution in [3.05, 3.63) is 64.9 Å². The minimum Gasteiger partial charge on any atom is -0.397 e. The molecule has 20 heavy (non-hydrogen) atoms. The van der Waals surface area contributed by atoms with Gasteiger partial charge in [0.05, 0.1) is 22.8 Å². The molecule has 2 aromatic rings. The van der Waals surface area contributed by atoms with Gasteiger partial charge in [-0.1, -0.05) is 41.1 Å². The normalized spacial score (nSPS) is 12.0. The van der Waals surface area contributed by atoms with E-state index in [0.717, 1.165) is 28.0 Å². The van der Waals surface area contributed by atoms with Crippen molar-refractivity contribution in [2.24, 2.45) is 5.73 Å². The highest BCUT2D eigenvalue weighted by atomic mass is 79.9. The summed E-state index contributed by atoms with van der Waals surface area (Å²) in [7, 11) is 0. The summed E-state index contributed by atoms with van der Waals surface area (Å²) in [6.45, 7) is 2.08.